The van der Waals surface area contributed by atoms with Crippen LogP contribution in [0.25, 0.3) is 0 Å². The Bertz CT molecular complexity index is 698. The van der Waals surface area contributed by atoms with Crippen LogP contribution in [0.3, 0.4) is 0 Å². The Kier molecular flexibility index (Phi) is 5.72. The van der Waals surface area contributed by atoms with Crippen LogP contribution in [0.2, 0.25) is 0 Å². The fourth-order valence-electron chi connectivity index (χ4n) is 3.29. The average Bonchev–Trinajstić information content (AvgIpc) is 3.17. The van der Waals surface area contributed by atoms with E-state index in [0.29, 0.717) is 45.1 Å². The summed E-state index contributed by atoms with van der Waals surface area (Å²) in [5, 5.41) is 6.89. The molecule has 1 aromatic heterocycles. The summed E-state index contributed by atoms with van der Waals surface area (Å²) in [6, 6.07) is 1.74. The van der Waals surface area contributed by atoms with Crippen LogP contribution in [0.5, 0.6) is 0 Å². The molecule has 0 bridgehead atoms. The van der Waals surface area contributed by atoms with Gasteiger partial charge in [0.1, 0.15) is 0 Å². The molecule has 140 valence electrons. The summed E-state index contributed by atoms with van der Waals surface area (Å²) in [4.78, 5) is 14.1. The molecule has 3 heterocycles. The normalized spacial score (nSPS) is 21.3. The monoisotopic (exact) mass is 370 g/mol. The zero-order chi connectivity index (χ0) is 17.9. The second-order valence-corrected chi connectivity index (χ2v) is 8.49. The first-order valence-electron chi connectivity index (χ1n) is 8.72. The van der Waals surface area contributed by atoms with Crippen LogP contribution in [-0.2, 0) is 22.1 Å². The second-order valence-electron chi connectivity index (χ2n) is 6.57. The summed E-state index contributed by atoms with van der Waals surface area (Å²) in [5.74, 6) is 0.398. The van der Waals surface area contributed by atoms with E-state index in [1.54, 1.807) is 32.6 Å². The standard InChI is InChI=1S/C15H26N6O3S/c1-18-10-5-14(17-18)16-15(22)13-19-6-4-9-21(12-11-19)25(23,24)20-7-2-3-8-20/h5,10H,2-4,6-9,11-13H2,1H3,(H,16,17,22). The smallest absolute Gasteiger partial charge is 0.282 e. The molecule has 0 atom stereocenters. The van der Waals surface area contributed by atoms with Crippen molar-refractivity contribution in [3.05, 3.63) is 12.3 Å². The van der Waals surface area contributed by atoms with Gasteiger partial charge in [0.15, 0.2) is 5.82 Å². The first-order valence-corrected chi connectivity index (χ1v) is 10.1. The van der Waals surface area contributed by atoms with Crippen LogP contribution in [0.4, 0.5) is 5.82 Å². The minimum atomic E-state index is -3.36. The van der Waals surface area contributed by atoms with Gasteiger partial charge in [0.05, 0.1) is 6.54 Å². The van der Waals surface area contributed by atoms with Gasteiger partial charge in [-0.1, -0.05) is 0 Å². The lowest BCUT2D eigenvalue weighted by Crippen LogP contribution is -2.44. The third-order valence-corrected chi connectivity index (χ3v) is 6.65. The SMILES string of the molecule is Cn1ccc(NC(=O)CN2CCCN(S(=O)(=O)N3CCCC3)CC2)n1. The molecule has 1 aromatic rings. The highest BCUT2D eigenvalue weighted by Crippen LogP contribution is 2.18. The average molecular weight is 370 g/mol. The van der Waals surface area contributed by atoms with Gasteiger partial charge in [-0.3, -0.25) is 14.4 Å². The van der Waals surface area contributed by atoms with Crippen molar-refractivity contribution in [1.82, 2.24) is 23.3 Å². The predicted molar refractivity (Wildman–Crippen MR) is 94.2 cm³/mol. The number of aryl methyl sites for hydroxylation is 1. The molecule has 0 radical (unpaired) electrons. The molecule has 0 unspecified atom stereocenters. The highest BCUT2D eigenvalue weighted by atomic mass is 32.2. The third kappa shape index (κ3) is 4.57. The van der Waals surface area contributed by atoms with E-state index in [1.165, 1.54) is 0 Å². The molecule has 2 saturated heterocycles. The van der Waals surface area contributed by atoms with Gasteiger partial charge >= 0.3 is 0 Å². The largest absolute Gasteiger partial charge is 0.308 e. The first kappa shape index (κ1) is 18.3. The second kappa shape index (κ2) is 7.81. The van der Waals surface area contributed by atoms with Crippen LogP contribution >= 0.6 is 0 Å². The Hall–Kier alpha value is -1.49. The quantitative estimate of drug-likeness (QED) is 0.769. The van der Waals surface area contributed by atoms with Crippen LogP contribution in [0.1, 0.15) is 19.3 Å². The molecular formula is C15H26N6O3S. The van der Waals surface area contributed by atoms with Gasteiger partial charge < -0.3 is 5.32 Å². The van der Waals surface area contributed by atoms with E-state index in [2.05, 4.69) is 10.4 Å². The lowest BCUT2D eigenvalue weighted by Gasteiger charge is -2.26. The number of hydrogen-bond acceptors (Lipinski definition) is 5. The number of nitrogens with zero attached hydrogens (tertiary/aromatic N) is 5. The molecule has 9 nitrogen and oxygen atoms in total. The van der Waals surface area contributed by atoms with Crippen molar-refractivity contribution in [2.45, 2.75) is 19.3 Å². The predicted octanol–water partition coefficient (Wildman–Crippen LogP) is -0.293. The summed E-state index contributed by atoms with van der Waals surface area (Å²) in [6.07, 6.45) is 4.37. The van der Waals surface area contributed by atoms with Crippen LogP contribution < -0.4 is 5.32 Å². The summed E-state index contributed by atoms with van der Waals surface area (Å²) in [7, 11) is -1.56. The molecule has 0 saturated carbocycles. The van der Waals surface area contributed by atoms with Gasteiger partial charge in [-0.2, -0.15) is 22.1 Å². The number of aromatic nitrogens is 2. The van der Waals surface area contributed by atoms with Gasteiger partial charge in [0.25, 0.3) is 10.2 Å². The zero-order valence-electron chi connectivity index (χ0n) is 14.6. The maximum absolute atomic E-state index is 12.7. The Labute approximate surface area is 148 Å². The first-order chi connectivity index (χ1) is 11.9. The van der Waals surface area contributed by atoms with E-state index in [1.807, 2.05) is 4.90 Å². The van der Waals surface area contributed by atoms with E-state index in [-0.39, 0.29) is 12.5 Å². The lowest BCUT2D eigenvalue weighted by molar-refractivity contribution is -0.117. The number of nitrogens with one attached hydrogen (secondary N) is 1. The molecule has 1 amide bonds. The van der Waals surface area contributed by atoms with E-state index in [4.69, 9.17) is 0 Å². The molecule has 0 spiro atoms. The maximum atomic E-state index is 12.7. The van der Waals surface area contributed by atoms with Crippen molar-refractivity contribution < 1.29 is 13.2 Å². The number of carbonyl (C=O) groups is 1. The number of hydrogen-bond donors (Lipinski definition) is 1. The number of rotatable bonds is 5. The maximum Gasteiger partial charge on any atom is 0.282 e. The number of carbonyl (C=O) groups excluding carboxylic acids is 1. The number of anilines is 1. The van der Waals surface area contributed by atoms with E-state index in [9.17, 15) is 13.2 Å². The molecule has 0 aliphatic carbocycles. The van der Waals surface area contributed by atoms with E-state index >= 15 is 0 Å². The molecule has 2 aliphatic heterocycles. The highest BCUT2D eigenvalue weighted by Gasteiger charge is 2.32. The topological polar surface area (TPSA) is 90.8 Å². The molecule has 2 fully saturated rings. The Morgan fingerprint density at radius 3 is 2.44 bits per heavy atom. The Morgan fingerprint density at radius 1 is 1.08 bits per heavy atom. The van der Waals surface area contributed by atoms with Gasteiger partial charge in [-0.15, -0.1) is 0 Å². The van der Waals surface area contributed by atoms with Gasteiger partial charge in [0, 0.05) is 52.0 Å². The van der Waals surface area contributed by atoms with Crippen molar-refractivity contribution in [2.24, 2.45) is 7.05 Å². The van der Waals surface area contributed by atoms with Crippen molar-refractivity contribution in [3.63, 3.8) is 0 Å². The molecule has 1 N–H and O–H groups in total. The molecule has 10 heteroatoms. The summed E-state index contributed by atoms with van der Waals surface area (Å²) < 4.78 is 30.1. The molecule has 0 aromatic carbocycles. The van der Waals surface area contributed by atoms with Crippen molar-refractivity contribution in [3.8, 4) is 0 Å². The van der Waals surface area contributed by atoms with Crippen LogP contribution in [-0.4, -0.2) is 83.4 Å². The Morgan fingerprint density at radius 2 is 1.76 bits per heavy atom. The summed E-state index contributed by atoms with van der Waals surface area (Å²) in [5.41, 5.74) is 0. The molecular weight excluding hydrogens is 344 g/mol. The van der Waals surface area contributed by atoms with Crippen LogP contribution in [0.15, 0.2) is 12.3 Å². The van der Waals surface area contributed by atoms with Crippen molar-refractivity contribution in [1.29, 1.82) is 0 Å². The van der Waals surface area contributed by atoms with Crippen molar-refractivity contribution >= 4 is 21.9 Å². The minimum Gasteiger partial charge on any atom is -0.308 e. The highest BCUT2D eigenvalue weighted by molar-refractivity contribution is 7.86. The van der Waals surface area contributed by atoms with E-state index < -0.39 is 10.2 Å². The van der Waals surface area contributed by atoms with Crippen molar-refractivity contribution in [2.75, 3.05) is 51.1 Å². The molecule has 3 rings (SSSR count). The molecule has 2 aliphatic rings. The Balaban J connectivity index is 1.52. The van der Waals surface area contributed by atoms with Gasteiger partial charge in [-0.05, 0) is 25.8 Å². The number of amides is 1. The van der Waals surface area contributed by atoms with Crippen LogP contribution in [0, 0.1) is 0 Å². The van der Waals surface area contributed by atoms with Gasteiger partial charge in [0.2, 0.25) is 5.91 Å². The fourth-order valence-corrected chi connectivity index (χ4v) is 5.00. The third-order valence-electron chi connectivity index (χ3n) is 4.61. The molecule has 25 heavy (non-hydrogen) atoms. The summed E-state index contributed by atoms with van der Waals surface area (Å²) >= 11 is 0. The van der Waals surface area contributed by atoms with Gasteiger partial charge in [-0.25, -0.2) is 0 Å². The zero-order valence-corrected chi connectivity index (χ0v) is 15.4. The fraction of sp³-hybridized carbons (Fsp3) is 0.733. The lowest BCUT2D eigenvalue weighted by atomic mass is 10.4. The minimum absolute atomic E-state index is 0.130. The summed E-state index contributed by atoms with van der Waals surface area (Å²) in [6.45, 7) is 3.69. The van der Waals surface area contributed by atoms with E-state index in [0.717, 1.165) is 19.3 Å².